The summed E-state index contributed by atoms with van der Waals surface area (Å²) in [5.41, 5.74) is 2.69. The molecular formula is C16H19N3OS. The molecule has 0 bridgehead atoms. The molecule has 0 aliphatic carbocycles. The summed E-state index contributed by atoms with van der Waals surface area (Å²) >= 11 is 1.63. The van der Waals surface area contributed by atoms with Gasteiger partial charge in [0.25, 0.3) is 5.91 Å². The summed E-state index contributed by atoms with van der Waals surface area (Å²) in [5.74, 6) is 0.109. The van der Waals surface area contributed by atoms with Crippen LogP contribution in [0, 0.1) is 6.92 Å². The molecule has 110 valence electrons. The Labute approximate surface area is 128 Å². The first-order valence-electron chi connectivity index (χ1n) is 7.19. The topological polar surface area (TPSA) is 45.2 Å². The summed E-state index contributed by atoms with van der Waals surface area (Å²) in [7, 11) is 0. The number of hydrogen-bond donors (Lipinski definition) is 1. The van der Waals surface area contributed by atoms with Crippen LogP contribution in [0.1, 0.15) is 22.3 Å². The van der Waals surface area contributed by atoms with Gasteiger partial charge in [-0.15, -0.1) is 11.3 Å². The molecule has 2 heterocycles. The molecule has 3 rings (SSSR count). The normalized spacial score (nSPS) is 18.8. The van der Waals surface area contributed by atoms with E-state index in [1.807, 2.05) is 41.5 Å². The smallest absolute Gasteiger partial charge is 0.254 e. The van der Waals surface area contributed by atoms with Crippen LogP contribution in [0.15, 0.2) is 29.6 Å². The molecule has 1 atom stereocenters. The van der Waals surface area contributed by atoms with E-state index in [0.29, 0.717) is 0 Å². The third-order valence-electron chi connectivity index (χ3n) is 3.79. The fourth-order valence-corrected chi connectivity index (χ4v) is 3.24. The van der Waals surface area contributed by atoms with Crippen molar-refractivity contribution in [1.29, 1.82) is 0 Å². The quantitative estimate of drug-likeness (QED) is 0.927. The molecule has 0 saturated carbocycles. The van der Waals surface area contributed by atoms with Gasteiger partial charge in [0, 0.05) is 42.2 Å². The largest absolute Gasteiger partial charge is 0.333 e. The van der Waals surface area contributed by atoms with Crippen LogP contribution in [-0.4, -0.2) is 41.5 Å². The van der Waals surface area contributed by atoms with Gasteiger partial charge in [-0.05, 0) is 26.0 Å². The molecule has 0 radical (unpaired) electrons. The zero-order chi connectivity index (χ0) is 14.8. The lowest BCUT2D eigenvalue weighted by Crippen LogP contribution is -2.52. The van der Waals surface area contributed by atoms with Crippen molar-refractivity contribution >= 4 is 17.2 Å². The maximum atomic E-state index is 12.7. The fraction of sp³-hybridized carbons (Fsp3) is 0.375. The van der Waals surface area contributed by atoms with Crippen LogP contribution in [0.4, 0.5) is 0 Å². The molecule has 5 heteroatoms. The van der Waals surface area contributed by atoms with Crippen molar-refractivity contribution in [2.45, 2.75) is 19.9 Å². The molecule has 1 fully saturated rings. The Kier molecular flexibility index (Phi) is 4.03. The number of amides is 1. The third-order valence-corrected chi connectivity index (χ3v) is 4.56. The Balaban J connectivity index is 1.87. The summed E-state index contributed by atoms with van der Waals surface area (Å²) in [5, 5.41) is 6.38. The van der Waals surface area contributed by atoms with Crippen LogP contribution in [0.25, 0.3) is 11.3 Å². The molecule has 21 heavy (non-hydrogen) atoms. The zero-order valence-corrected chi connectivity index (χ0v) is 13.1. The van der Waals surface area contributed by atoms with Gasteiger partial charge in [0.15, 0.2) is 0 Å². The lowest BCUT2D eigenvalue weighted by atomic mass is 10.1. The second-order valence-electron chi connectivity index (χ2n) is 5.38. The van der Waals surface area contributed by atoms with Crippen LogP contribution >= 0.6 is 11.3 Å². The number of carbonyl (C=O) groups is 1. The maximum absolute atomic E-state index is 12.7. The number of nitrogens with zero attached hydrogens (tertiary/aromatic N) is 2. The summed E-state index contributed by atoms with van der Waals surface area (Å²) in [6.07, 6.45) is 0. The van der Waals surface area contributed by atoms with Gasteiger partial charge in [-0.3, -0.25) is 4.79 Å². The van der Waals surface area contributed by atoms with E-state index >= 15 is 0 Å². The third kappa shape index (κ3) is 2.99. The molecule has 1 aliphatic rings. The predicted octanol–water partition coefficient (Wildman–Crippen LogP) is 2.55. The van der Waals surface area contributed by atoms with E-state index in [2.05, 4.69) is 17.2 Å². The van der Waals surface area contributed by atoms with Crippen LogP contribution < -0.4 is 5.32 Å². The Hall–Kier alpha value is -1.72. The van der Waals surface area contributed by atoms with E-state index in [1.165, 1.54) is 0 Å². The summed E-state index contributed by atoms with van der Waals surface area (Å²) in [6, 6.07) is 8.01. The first-order chi connectivity index (χ1) is 10.1. The van der Waals surface area contributed by atoms with Gasteiger partial charge in [0.1, 0.15) is 0 Å². The highest BCUT2D eigenvalue weighted by Gasteiger charge is 2.24. The van der Waals surface area contributed by atoms with Crippen LogP contribution in [0.3, 0.4) is 0 Å². The number of rotatable bonds is 2. The Morgan fingerprint density at radius 3 is 3.05 bits per heavy atom. The molecule has 1 saturated heterocycles. The number of nitrogens with one attached hydrogen (secondary N) is 1. The number of benzene rings is 1. The van der Waals surface area contributed by atoms with Crippen molar-refractivity contribution in [3.8, 4) is 11.3 Å². The van der Waals surface area contributed by atoms with Crippen LogP contribution in [-0.2, 0) is 0 Å². The molecule has 1 amide bonds. The number of aromatic nitrogens is 1. The molecule has 1 aromatic carbocycles. The molecule has 1 aromatic heterocycles. The summed E-state index contributed by atoms with van der Waals surface area (Å²) < 4.78 is 0. The number of piperazine rings is 1. The van der Waals surface area contributed by atoms with Crippen molar-refractivity contribution in [3.05, 3.63) is 40.2 Å². The van der Waals surface area contributed by atoms with Gasteiger partial charge in [-0.1, -0.05) is 12.1 Å². The van der Waals surface area contributed by atoms with Crippen LogP contribution in [0.2, 0.25) is 0 Å². The highest BCUT2D eigenvalue weighted by atomic mass is 32.1. The highest BCUT2D eigenvalue weighted by molar-refractivity contribution is 7.09. The van der Waals surface area contributed by atoms with Gasteiger partial charge >= 0.3 is 0 Å². The van der Waals surface area contributed by atoms with Crippen LogP contribution in [0.5, 0.6) is 0 Å². The standard InChI is InChI=1S/C16H19N3OS/c1-11-9-17-6-7-19(11)16(20)14-5-3-4-13(8-14)15-10-21-12(2)18-15/h3-5,8,10-11,17H,6-7,9H2,1-2H3. The monoisotopic (exact) mass is 301 g/mol. The number of aryl methyl sites for hydroxylation is 1. The molecular weight excluding hydrogens is 282 g/mol. The van der Waals surface area contributed by atoms with Crippen molar-refractivity contribution in [2.24, 2.45) is 0 Å². The minimum absolute atomic E-state index is 0.109. The van der Waals surface area contributed by atoms with Gasteiger partial charge in [0.2, 0.25) is 0 Å². The number of thiazole rings is 1. The van der Waals surface area contributed by atoms with E-state index in [-0.39, 0.29) is 11.9 Å². The molecule has 1 unspecified atom stereocenters. The summed E-state index contributed by atoms with van der Waals surface area (Å²) in [6.45, 7) is 6.56. The van der Waals surface area contributed by atoms with E-state index in [0.717, 1.165) is 41.5 Å². The molecule has 1 aliphatic heterocycles. The second kappa shape index (κ2) is 5.95. The van der Waals surface area contributed by atoms with Crippen molar-refractivity contribution in [3.63, 3.8) is 0 Å². The van der Waals surface area contributed by atoms with Crippen molar-refractivity contribution in [1.82, 2.24) is 15.2 Å². The maximum Gasteiger partial charge on any atom is 0.254 e. The first-order valence-corrected chi connectivity index (χ1v) is 8.07. The average Bonchev–Trinajstić information content (AvgIpc) is 2.94. The molecule has 4 nitrogen and oxygen atoms in total. The Morgan fingerprint density at radius 1 is 1.48 bits per heavy atom. The molecule has 0 spiro atoms. The summed E-state index contributed by atoms with van der Waals surface area (Å²) in [4.78, 5) is 19.1. The Morgan fingerprint density at radius 2 is 2.33 bits per heavy atom. The van der Waals surface area contributed by atoms with Gasteiger partial charge < -0.3 is 10.2 Å². The lowest BCUT2D eigenvalue weighted by Gasteiger charge is -2.34. The lowest BCUT2D eigenvalue weighted by molar-refractivity contribution is 0.0656. The van der Waals surface area contributed by atoms with Crippen molar-refractivity contribution < 1.29 is 4.79 Å². The SMILES string of the molecule is Cc1nc(-c2cccc(C(=O)N3CCNCC3C)c2)cs1. The first kappa shape index (κ1) is 14.2. The van der Waals surface area contributed by atoms with E-state index < -0.39 is 0 Å². The average molecular weight is 301 g/mol. The predicted molar refractivity (Wildman–Crippen MR) is 85.7 cm³/mol. The second-order valence-corrected chi connectivity index (χ2v) is 6.45. The molecule has 2 aromatic rings. The van der Waals surface area contributed by atoms with Crippen molar-refractivity contribution in [2.75, 3.05) is 19.6 Å². The number of hydrogen-bond acceptors (Lipinski definition) is 4. The van der Waals surface area contributed by atoms with Gasteiger partial charge in [-0.2, -0.15) is 0 Å². The van der Waals surface area contributed by atoms with E-state index in [4.69, 9.17) is 0 Å². The fourth-order valence-electron chi connectivity index (χ4n) is 2.62. The number of carbonyl (C=O) groups excluding carboxylic acids is 1. The minimum Gasteiger partial charge on any atom is -0.333 e. The zero-order valence-electron chi connectivity index (χ0n) is 12.3. The molecule has 1 N–H and O–H groups in total. The van der Waals surface area contributed by atoms with Gasteiger partial charge in [0.05, 0.1) is 10.7 Å². The minimum atomic E-state index is 0.109. The van der Waals surface area contributed by atoms with E-state index in [1.54, 1.807) is 11.3 Å². The Bertz CT molecular complexity index is 652. The van der Waals surface area contributed by atoms with Gasteiger partial charge in [-0.25, -0.2) is 4.98 Å². The van der Waals surface area contributed by atoms with E-state index in [9.17, 15) is 4.79 Å². The highest BCUT2D eigenvalue weighted by Crippen LogP contribution is 2.23.